The second-order valence-electron chi connectivity index (χ2n) is 4.48. The summed E-state index contributed by atoms with van der Waals surface area (Å²) in [4.78, 5) is 8.26. The Kier molecular flexibility index (Phi) is 5.85. The van der Waals surface area contributed by atoms with Crippen LogP contribution in [0.25, 0.3) is 0 Å². The Bertz CT molecular complexity index is 731. The van der Waals surface area contributed by atoms with Crippen molar-refractivity contribution < 1.29 is 14.2 Å². The number of thiocarbonyl (C=S) groups is 1. The average molecular weight is 347 g/mol. The maximum atomic E-state index is 5.73. The van der Waals surface area contributed by atoms with Crippen molar-refractivity contribution in [2.75, 3.05) is 21.3 Å². The highest BCUT2D eigenvalue weighted by Gasteiger charge is 2.10. The standard InChI is InChI=1S/C15H17N5O3S/c1-20(14(16)24)17-9-10-6-4-5-7-11(10)23-15-18-12(21-2)8-13(19-15)22-3/h4-9H,1-3H3,(H2,16,24)/b17-9+. The molecule has 1 heterocycles. The molecule has 0 amide bonds. The predicted octanol–water partition coefficient (Wildman–Crippen LogP) is 1.80. The fraction of sp³-hybridized carbons (Fsp3) is 0.200. The van der Waals surface area contributed by atoms with Gasteiger partial charge in [0.1, 0.15) is 5.75 Å². The van der Waals surface area contributed by atoms with Crippen molar-refractivity contribution in [3.05, 3.63) is 35.9 Å². The highest BCUT2D eigenvalue weighted by molar-refractivity contribution is 7.80. The van der Waals surface area contributed by atoms with Crippen molar-refractivity contribution in [1.29, 1.82) is 0 Å². The van der Waals surface area contributed by atoms with E-state index in [-0.39, 0.29) is 11.1 Å². The van der Waals surface area contributed by atoms with Gasteiger partial charge in [-0.05, 0) is 24.4 Å². The molecule has 8 nitrogen and oxygen atoms in total. The van der Waals surface area contributed by atoms with Gasteiger partial charge in [0.05, 0.1) is 26.5 Å². The van der Waals surface area contributed by atoms with Crippen LogP contribution >= 0.6 is 12.2 Å². The number of hydrogen-bond donors (Lipinski definition) is 1. The van der Waals surface area contributed by atoms with E-state index in [9.17, 15) is 0 Å². The van der Waals surface area contributed by atoms with Crippen molar-refractivity contribution in [3.8, 4) is 23.5 Å². The number of aromatic nitrogens is 2. The van der Waals surface area contributed by atoms with Crippen LogP contribution in [-0.2, 0) is 0 Å². The van der Waals surface area contributed by atoms with Gasteiger partial charge in [0.25, 0.3) is 0 Å². The fourth-order valence-electron chi connectivity index (χ4n) is 1.62. The smallest absolute Gasteiger partial charge is 0.328 e. The molecule has 0 atom stereocenters. The third kappa shape index (κ3) is 4.53. The first-order valence-electron chi connectivity index (χ1n) is 6.84. The highest BCUT2D eigenvalue weighted by Crippen LogP contribution is 2.25. The molecular weight excluding hydrogens is 330 g/mol. The summed E-state index contributed by atoms with van der Waals surface area (Å²) in [5, 5.41) is 5.67. The average Bonchev–Trinajstić information content (AvgIpc) is 2.60. The quantitative estimate of drug-likeness (QED) is 0.480. The van der Waals surface area contributed by atoms with E-state index < -0.39 is 0 Å². The lowest BCUT2D eigenvalue weighted by Gasteiger charge is -2.11. The second kappa shape index (κ2) is 8.06. The van der Waals surface area contributed by atoms with Gasteiger partial charge in [-0.2, -0.15) is 15.1 Å². The lowest BCUT2D eigenvalue weighted by Crippen LogP contribution is -2.27. The summed E-state index contributed by atoms with van der Waals surface area (Å²) in [7, 11) is 4.65. The van der Waals surface area contributed by atoms with Crippen LogP contribution in [0.5, 0.6) is 23.5 Å². The van der Waals surface area contributed by atoms with E-state index in [2.05, 4.69) is 15.1 Å². The van der Waals surface area contributed by atoms with E-state index in [0.717, 1.165) is 0 Å². The molecule has 0 fully saturated rings. The van der Waals surface area contributed by atoms with Crippen molar-refractivity contribution in [2.24, 2.45) is 10.8 Å². The molecule has 2 rings (SSSR count). The number of nitrogens with zero attached hydrogens (tertiary/aromatic N) is 4. The number of hydrogen-bond acceptors (Lipinski definition) is 7. The van der Waals surface area contributed by atoms with E-state index in [4.69, 9.17) is 32.2 Å². The van der Waals surface area contributed by atoms with Gasteiger partial charge < -0.3 is 19.9 Å². The van der Waals surface area contributed by atoms with Gasteiger partial charge in [0.2, 0.25) is 11.8 Å². The molecule has 2 aromatic rings. The van der Waals surface area contributed by atoms with Gasteiger partial charge >= 0.3 is 6.01 Å². The summed E-state index contributed by atoms with van der Waals surface area (Å²) in [6.45, 7) is 0. The van der Waals surface area contributed by atoms with Crippen molar-refractivity contribution in [2.45, 2.75) is 0 Å². The Morgan fingerprint density at radius 3 is 2.42 bits per heavy atom. The summed E-state index contributed by atoms with van der Waals surface area (Å²) < 4.78 is 15.9. The SMILES string of the molecule is COc1cc(OC)nc(Oc2ccccc2/C=N/N(C)C(N)=S)n1. The molecule has 0 spiro atoms. The summed E-state index contributed by atoms with van der Waals surface area (Å²) in [6, 6.07) is 8.90. The van der Waals surface area contributed by atoms with Crippen molar-refractivity contribution >= 4 is 23.5 Å². The van der Waals surface area contributed by atoms with Gasteiger partial charge in [0, 0.05) is 12.6 Å². The molecule has 9 heteroatoms. The molecule has 126 valence electrons. The van der Waals surface area contributed by atoms with Gasteiger partial charge in [-0.15, -0.1) is 0 Å². The minimum atomic E-state index is 0.0924. The number of rotatable bonds is 6. The summed E-state index contributed by atoms with van der Waals surface area (Å²) in [6.07, 6.45) is 1.58. The third-order valence-corrected chi connectivity index (χ3v) is 3.15. The molecule has 1 aromatic carbocycles. The monoisotopic (exact) mass is 347 g/mol. The lowest BCUT2D eigenvalue weighted by atomic mass is 10.2. The highest BCUT2D eigenvalue weighted by atomic mass is 32.1. The molecule has 24 heavy (non-hydrogen) atoms. The molecular formula is C15H17N5O3S. The molecule has 0 saturated carbocycles. The molecule has 0 saturated heterocycles. The van der Waals surface area contributed by atoms with E-state index in [0.29, 0.717) is 23.1 Å². The summed E-state index contributed by atoms with van der Waals surface area (Å²) >= 11 is 4.84. The topological polar surface area (TPSA) is 95.1 Å². The first-order valence-corrected chi connectivity index (χ1v) is 7.25. The maximum Gasteiger partial charge on any atom is 0.328 e. The predicted molar refractivity (Wildman–Crippen MR) is 93.8 cm³/mol. The zero-order valence-electron chi connectivity index (χ0n) is 13.5. The fourth-order valence-corrected chi connectivity index (χ4v) is 1.67. The van der Waals surface area contributed by atoms with Gasteiger partial charge in [-0.25, -0.2) is 5.01 Å². The van der Waals surface area contributed by atoms with Crippen LogP contribution in [-0.4, -0.2) is 47.6 Å². The Morgan fingerprint density at radius 1 is 1.21 bits per heavy atom. The van der Waals surface area contributed by atoms with Crippen LogP contribution < -0.4 is 19.9 Å². The van der Waals surface area contributed by atoms with Crippen LogP contribution in [0.15, 0.2) is 35.4 Å². The molecule has 0 bridgehead atoms. The minimum Gasteiger partial charge on any atom is -0.481 e. The Balaban J connectivity index is 2.29. The Hall–Kier alpha value is -2.94. The molecule has 2 N–H and O–H groups in total. The van der Waals surface area contributed by atoms with Crippen LogP contribution in [0, 0.1) is 0 Å². The number of hydrazone groups is 1. The third-order valence-electron chi connectivity index (χ3n) is 2.89. The van der Waals surface area contributed by atoms with Gasteiger partial charge in [0.15, 0.2) is 5.11 Å². The number of methoxy groups -OCH3 is 2. The van der Waals surface area contributed by atoms with E-state index >= 15 is 0 Å². The minimum absolute atomic E-state index is 0.0924. The maximum absolute atomic E-state index is 5.73. The first-order chi connectivity index (χ1) is 11.5. The Labute approximate surface area is 144 Å². The number of benzene rings is 1. The zero-order valence-corrected chi connectivity index (χ0v) is 14.3. The van der Waals surface area contributed by atoms with E-state index in [1.54, 1.807) is 25.4 Å². The number of para-hydroxylation sites is 1. The van der Waals surface area contributed by atoms with Crippen molar-refractivity contribution in [1.82, 2.24) is 15.0 Å². The van der Waals surface area contributed by atoms with Crippen LogP contribution in [0.3, 0.4) is 0 Å². The number of nitrogens with two attached hydrogens (primary N) is 1. The molecule has 0 aliphatic heterocycles. The second-order valence-corrected chi connectivity index (χ2v) is 4.90. The molecule has 0 unspecified atom stereocenters. The van der Waals surface area contributed by atoms with Crippen LogP contribution in [0.2, 0.25) is 0 Å². The lowest BCUT2D eigenvalue weighted by molar-refractivity contribution is 0.348. The zero-order chi connectivity index (χ0) is 17.5. The van der Waals surface area contributed by atoms with Crippen LogP contribution in [0.1, 0.15) is 5.56 Å². The van der Waals surface area contributed by atoms with Crippen molar-refractivity contribution in [3.63, 3.8) is 0 Å². The summed E-state index contributed by atoms with van der Waals surface area (Å²) in [5.74, 6) is 1.17. The van der Waals surface area contributed by atoms with E-state index in [1.165, 1.54) is 19.2 Å². The number of ether oxygens (including phenoxy) is 3. The summed E-state index contributed by atoms with van der Waals surface area (Å²) in [5.41, 5.74) is 6.19. The first kappa shape index (κ1) is 17.4. The van der Waals surface area contributed by atoms with Gasteiger partial charge in [-0.1, -0.05) is 12.1 Å². The van der Waals surface area contributed by atoms with Crippen LogP contribution in [0.4, 0.5) is 0 Å². The molecule has 1 aromatic heterocycles. The molecule has 0 aliphatic rings. The largest absolute Gasteiger partial charge is 0.481 e. The van der Waals surface area contributed by atoms with E-state index in [1.807, 2.05) is 18.2 Å². The van der Waals surface area contributed by atoms with Gasteiger partial charge in [-0.3, -0.25) is 0 Å². The molecule has 0 radical (unpaired) electrons. The normalized spacial score (nSPS) is 10.5. The Morgan fingerprint density at radius 2 is 1.83 bits per heavy atom. The molecule has 0 aliphatic carbocycles.